The Labute approximate surface area is 123 Å². The largest absolute Gasteiger partial charge is 0.497 e. The summed E-state index contributed by atoms with van der Waals surface area (Å²) in [5.41, 5.74) is 5.88. The number of methoxy groups -OCH3 is 1. The summed E-state index contributed by atoms with van der Waals surface area (Å²) in [6.07, 6.45) is 0.711. The van der Waals surface area contributed by atoms with E-state index in [2.05, 4.69) is 4.72 Å². The molecule has 0 unspecified atom stereocenters. The van der Waals surface area contributed by atoms with Crippen molar-refractivity contribution in [3.8, 4) is 5.75 Å². The highest BCUT2D eigenvalue weighted by Gasteiger charge is 2.17. The zero-order valence-corrected chi connectivity index (χ0v) is 13.0. The van der Waals surface area contributed by atoms with Crippen LogP contribution in [0, 0.1) is 0 Å². The molecule has 0 spiro atoms. The highest BCUT2D eigenvalue weighted by molar-refractivity contribution is 7.99. The Balaban J connectivity index is 2.56. The second-order valence-electron chi connectivity index (χ2n) is 3.99. The van der Waals surface area contributed by atoms with E-state index in [1.807, 2.05) is 0 Å². The molecule has 0 aliphatic rings. The molecule has 1 aromatic rings. The van der Waals surface area contributed by atoms with Gasteiger partial charge in [-0.15, -0.1) is 0 Å². The number of sulfonamides is 1. The number of thioether (sulfide) groups is 1. The minimum absolute atomic E-state index is 0.0543. The smallest absolute Gasteiger partial charge is 0.242 e. The molecular formula is C12H20N2O4S2. The molecule has 0 fully saturated rings. The molecule has 20 heavy (non-hydrogen) atoms. The lowest BCUT2D eigenvalue weighted by molar-refractivity contribution is 0.296. The molecule has 1 aromatic carbocycles. The Morgan fingerprint density at radius 3 is 2.75 bits per heavy atom. The second-order valence-corrected chi connectivity index (χ2v) is 6.95. The molecule has 8 heteroatoms. The summed E-state index contributed by atoms with van der Waals surface area (Å²) in [7, 11) is -2.11. The van der Waals surface area contributed by atoms with Crippen LogP contribution in [0.2, 0.25) is 0 Å². The van der Waals surface area contributed by atoms with Gasteiger partial charge in [0.05, 0.1) is 12.8 Å². The van der Waals surface area contributed by atoms with Crippen molar-refractivity contribution in [1.29, 1.82) is 0 Å². The fourth-order valence-corrected chi connectivity index (χ4v) is 3.55. The Morgan fingerprint density at radius 1 is 1.40 bits per heavy atom. The molecular weight excluding hydrogens is 300 g/mol. The van der Waals surface area contributed by atoms with Crippen LogP contribution in [0.4, 0.5) is 5.69 Å². The standard InChI is InChI=1S/C12H20N2O4S2/c1-18-10-3-4-12(11(13)9-10)20(16,17)14-5-8-19-7-2-6-15/h3-4,9,14-15H,2,5-8,13H2,1H3. The van der Waals surface area contributed by atoms with Gasteiger partial charge in [0.2, 0.25) is 10.0 Å². The van der Waals surface area contributed by atoms with E-state index in [0.29, 0.717) is 24.5 Å². The van der Waals surface area contributed by atoms with Crippen molar-refractivity contribution in [1.82, 2.24) is 4.72 Å². The van der Waals surface area contributed by atoms with Gasteiger partial charge < -0.3 is 15.6 Å². The maximum absolute atomic E-state index is 12.1. The van der Waals surface area contributed by atoms with E-state index in [9.17, 15) is 8.42 Å². The summed E-state index contributed by atoms with van der Waals surface area (Å²) in [5.74, 6) is 1.97. The topological polar surface area (TPSA) is 102 Å². The number of anilines is 1. The van der Waals surface area contributed by atoms with Gasteiger partial charge >= 0.3 is 0 Å². The Morgan fingerprint density at radius 2 is 2.15 bits per heavy atom. The van der Waals surface area contributed by atoms with Crippen molar-refractivity contribution < 1.29 is 18.3 Å². The number of nitrogens with two attached hydrogens (primary N) is 1. The van der Waals surface area contributed by atoms with E-state index in [1.165, 1.54) is 19.2 Å². The molecule has 0 saturated heterocycles. The average Bonchev–Trinajstić information content (AvgIpc) is 2.42. The van der Waals surface area contributed by atoms with Gasteiger partial charge in [-0.2, -0.15) is 11.8 Å². The monoisotopic (exact) mass is 320 g/mol. The SMILES string of the molecule is COc1ccc(S(=O)(=O)NCCSCCCO)c(N)c1. The molecule has 0 aliphatic carbocycles. The lowest BCUT2D eigenvalue weighted by atomic mass is 10.3. The molecule has 0 aromatic heterocycles. The number of nitrogen functional groups attached to an aromatic ring is 1. The van der Waals surface area contributed by atoms with E-state index in [-0.39, 0.29) is 17.2 Å². The average molecular weight is 320 g/mol. The number of hydrogen-bond donors (Lipinski definition) is 3. The predicted octanol–water partition coefficient (Wildman–Crippen LogP) is 0.671. The van der Waals surface area contributed by atoms with Gasteiger partial charge in [0.1, 0.15) is 10.6 Å². The van der Waals surface area contributed by atoms with Gasteiger partial charge in [-0.1, -0.05) is 0 Å². The van der Waals surface area contributed by atoms with E-state index in [0.717, 1.165) is 5.75 Å². The third-order valence-electron chi connectivity index (χ3n) is 2.49. The Hall–Kier alpha value is -0.960. The van der Waals surface area contributed by atoms with Crippen LogP contribution in [-0.2, 0) is 10.0 Å². The van der Waals surface area contributed by atoms with Gasteiger partial charge in [0.25, 0.3) is 0 Å². The molecule has 0 saturated carbocycles. The highest BCUT2D eigenvalue weighted by atomic mass is 32.2. The molecule has 0 heterocycles. The van der Waals surface area contributed by atoms with Gasteiger partial charge in [0.15, 0.2) is 0 Å². The normalized spacial score (nSPS) is 11.5. The van der Waals surface area contributed by atoms with E-state index < -0.39 is 10.0 Å². The number of aliphatic hydroxyl groups excluding tert-OH is 1. The molecule has 0 aliphatic heterocycles. The van der Waals surface area contributed by atoms with E-state index >= 15 is 0 Å². The fourth-order valence-electron chi connectivity index (χ4n) is 1.49. The quantitative estimate of drug-likeness (QED) is 0.457. The van der Waals surface area contributed by atoms with Gasteiger partial charge in [-0.25, -0.2) is 13.1 Å². The van der Waals surface area contributed by atoms with Crippen LogP contribution in [-0.4, -0.2) is 45.3 Å². The van der Waals surface area contributed by atoms with Crippen molar-refractivity contribution >= 4 is 27.5 Å². The highest BCUT2D eigenvalue weighted by Crippen LogP contribution is 2.23. The maximum Gasteiger partial charge on any atom is 0.242 e. The first-order valence-electron chi connectivity index (χ1n) is 6.13. The minimum atomic E-state index is -3.60. The first kappa shape index (κ1) is 17.1. The molecule has 1 rings (SSSR count). The fraction of sp³-hybridized carbons (Fsp3) is 0.500. The number of benzene rings is 1. The molecule has 4 N–H and O–H groups in total. The van der Waals surface area contributed by atoms with Crippen molar-refractivity contribution in [2.24, 2.45) is 0 Å². The van der Waals surface area contributed by atoms with Crippen molar-refractivity contribution in [3.05, 3.63) is 18.2 Å². The zero-order chi connectivity index (χ0) is 15.0. The van der Waals surface area contributed by atoms with Crippen LogP contribution in [0.5, 0.6) is 5.75 Å². The van der Waals surface area contributed by atoms with Crippen LogP contribution in [0.15, 0.2) is 23.1 Å². The number of rotatable bonds is 9. The van der Waals surface area contributed by atoms with Crippen LogP contribution < -0.4 is 15.2 Å². The summed E-state index contributed by atoms with van der Waals surface area (Å²) >= 11 is 1.59. The summed E-state index contributed by atoms with van der Waals surface area (Å²) < 4.78 is 31.6. The molecule has 0 amide bonds. The van der Waals surface area contributed by atoms with E-state index in [1.54, 1.807) is 17.8 Å². The molecule has 6 nitrogen and oxygen atoms in total. The minimum Gasteiger partial charge on any atom is -0.497 e. The molecule has 0 bridgehead atoms. The first-order chi connectivity index (χ1) is 9.51. The maximum atomic E-state index is 12.1. The lowest BCUT2D eigenvalue weighted by Gasteiger charge is -2.10. The van der Waals surface area contributed by atoms with Crippen LogP contribution >= 0.6 is 11.8 Å². The Bertz CT molecular complexity index is 520. The number of nitrogens with one attached hydrogen (secondary N) is 1. The number of ether oxygens (including phenoxy) is 1. The zero-order valence-electron chi connectivity index (χ0n) is 11.3. The number of aliphatic hydroxyl groups is 1. The first-order valence-corrected chi connectivity index (χ1v) is 8.77. The molecule has 0 radical (unpaired) electrons. The van der Waals surface area contributed by atoms with Crippen LogP contribution in [0.3, 0.4) is 0 Å². The number of hydrogen-bond acceptors (Lipinski definition) is 6. The van der Waals surface area contributed by atoms with Gasteiger partial charge in [0, 0.05) is 25.0 Å². The van der Waals surface area contributed by atoms with Crippen molar-refractivity contribution in [2.75, 3.05) is 37.5 Å². The van der Waals surface area contributed by atoms with E-state index in [4.69, 9.17) is 15.6 Å². The lowest BCUT2D eigenvalue weighted by Crippen LogP contribution is -2.26. The van der Waals surface area contributed by atoms with Crippen molar-refractivity contribution in [3.63, 3.8) is 0 Å². The summed E-state index contributed by atoms with van der Waals surface area (Å²) in [5, 5.41) is 8.63. The third-order valence-corrected chi connectivity index (χ3v) is 5.10. The molecule has 0 atom stereocenters. The summed E-state index contributed by atoms with van der Waals surface area (Å²) in [6.45, 7) is 0.477. The van der Waals surface area contributed by atoms with Gasteiger partial charge in [-0.05, 0) is 24.3 Å². The van der Waals surface area contributed by atoms with Gasteiger partial charge in [-0.3, -0.25) is 0 Å². The molecule has 114 valence electrons. The van der Waals surface area contributed by atoms with Crippen LogP contribution in [0.25, 0.3) is 0 Å². The third kappa shape index (κ3) is 5.20. The predicted molar refractivity (Wildman–Crippen MR) is 81.6 cm³/mol. The van der Waals surface area contributed by atoms with Crippen LogP contribution in [0.1, 0.15) is 6.42 Å². The summed E-state index contributed by atoms with van der Waals surface area (Å²) in [6, 6.07) is 4.46. The second kappa shape index (κ2) is 8.35. The van der Waals surface area contributed by atoms with Crippen molar-refractivity contribution in [2.45, 2.75) is 11.3 Å². The summed E-state index contributed by atoms with van der Waals surface area (Å²) in [4.78, 5) is 0.0543. The Kier molecular flexibility index (Phi) is 7.14.